The van der Waals surface area contributed by atoms with Crippen LogP contribution in [0.3, 0.4) is 0 Å². The molecule has 2 heteroatoms. The maximum atomic E-state index is 6.07. The normalized spacial score (nSPS) is 25.4. The van der Waals surface area contributed by atoms with Crippen molar-refractivity contribution in [2.75, 3.05) is 18.0 Å². The number of rotatable bonds is 3. The molecule has 2 unspecified atom stereocenters. The van der Waals surface area contributed by atoms with Crippen molar-refractivity contribution in [3.63, 3.8) is 0 Å². The van der Waals surface area contributed by atoms with Crippen molar-refractivity contribution in [1.29, 1.82) is 0 Å². The van der Waals surface area contributed by atoms with Crippen LogP contribution >= 0.6 is 0 Å². The van der Waals surface area contributed by atoms with Crippen molar-refractivity contribution in [3.8, 4) is 0 Å². The minimum atomic E-state index is 0.558. The number of anilines is 1. The molecule has 0 bridgehead atoms. The van der Waals surface area contributed by atoms with Gasteiger partial charge in [0.1, 0.15) is 0 Å². The molecule has 2 atom stereocenters. The lowest BCUT2D eigenvalue weighted by molar-refractivity contribution is 0.248. The predicted molar refractivity (Wildman–Crippen MR) is 76.8 cm³/mol. The lowest BCUT2D eigenvalue weighted by Crippen LogP contribution is -2.51. The molecule has 2 nitrogen and oxygen atoms in total. The zero-order chi connectivity index (χ0) is 12.5. The minimum absolute atomic E-state index is 0.558. The Bertz CT molecular complexity index is 411. The Morgan fingerprint density at radius 1 is 1.33 bits per heavy atom. The van der Waals surface area contributed by atoms with Crippen LogP contribution in [0.4, 0.5) is 5.69 Å². The summed E-state index contributed by atoms with van der Waals surface area (Å²) in [4.78, 5) is 2.60. The van der Waals surface area contributed by atoms with Crippen molar-refractivity contribution in [2.45, 2.75) is 38.6 Å². The molecule has 0 radical (unpaired) electrons. The molecule has 0 saturated heterocycles. The van der Waals surface area contributed by atoms with Gasteiger partial charge in [0, 0.05) is 24.8 Å². The highest BCUT2D eigenvalue weighted by Crippen LogP contribution is 2.37. The molecule has 1 aliphatic carbocycles. The molecule has 3 rings (SSSR count). The van der Waals surface area contributed by atoms with E-state index in [2.05, 4.69) is 36.1 Å². The zero-order valence-electron chi connectivity index (χ0n) is 11.3. The summed E-state index contributed by atoms with van der Waals surface area (Å²) in [5.41, 5.74) is 9.03. The fraction of sp³-hybridized carbons (Fsp3) is 0.625. The van der Waals surface area contributed by atoms with Gasteiger partial charge in [-0.3, -0.25) is 0 Å². The number of nitrogens with two attached hydrogens (primary N) is 1. The Balaban J connectivity index is 1.90. The first-order chi connectivity index (χ1) is 8.79. The first kappa shape index (κ1) is 12.0. The third kappa shape index (κ3) is 2.03. The van der Waals surface area contributed by atoms with Crippen molar-refractivity contribution in [3.05, 3.63) is 29.8 Å². The van der Waals surface area contributed by atoms with Crippen LogP contribution in [0.25, 0.3) is 0 Å². The molecule has 1 fully saturated rings. The number of hydrogen-bond acceptors (Lipinski definition) is 2. The summed E-state index contributed by atoms with van der Waals surface area (Å²) < 4.78 is 0. The van der Waals surface area contributed by atoms with E-state index in [9.17, 15) is 0 Å². The van der Waals surface area contributed by atoms with Crippen LogP contribution in [-0.2, 0) is 6.42 Å². The van der Waals surface area contributed by atoms with E-state index < -0.39 is 0 Å². The van der Waals surface area contributed by atoms with E-state index in [1.54, 1.807) is 0 Å². The summed E-state index contributed by atoms with van der Waals surface area (Å²) in [7, 11) is 0. The Morgan fingerprint density at radius 2 is 2.11 bits per heavy atom. The lowest BCUT2D eigenvalue weighted by Gasteiger charge is -2.46. The maximum Gasteiger partial charge on any atom is 0.0440 e. The molecule has 2 aliphatic rings. The quantitative estimate of drug-likeness (QED) is 0.886. The van der Waals surface area contributed by atoms with Gasteiger partial charge in [0.05, 0.1) is 0 Å². The molecule has 1 heterocycles. The first-order valence-corrected chi connectivity index (χ1v) is 7.34. The van der Waals surface area contributed by atoms with Gasteiger partial charge >= 0.3 is 0 Å². The molecule has 98 valence electrons. The fourth-order valence-electron chi connectivity index (χ4n) is 3.55. The maximum absolute atomic E-state index is 6.07. The van der Waals surface area contributed by atoms with E-state index >= 15 is 0 Å². The van der Waals surface area contributed by atoms with E-state index in [-0.39, 0.29) is 0 Å². The number of para-hydroxylation sites is 1. The second kappa shape index (κ2) is 4.93. The third-order valence-electron chi connectivity index (χ3n) is 4.71. The van der Waals surface area contributed by atoms with Crippen molar-refractivity contribution >= 4 is 5.69 Å². The molecule has 2 N–H and O–H groups in total. The van der Waals surface area contributed by atoms with Crippen LogP contribution in [0.5, 0.6) is 0 Å². The van der Waals surface area contributed by atoms with Crippen LogP contribution in [0.2, 0.25) is 0 Å². The van der Waals surface area contributed by atoms with Gasteiger partial charge in [-0.25, -0.2) is 0 Å². The molecular formula is C16H24N2. The highest BCUT2D eigenvalue weighted by atomic mass is 15.2. The first-order valence-electron chi connectivity index (χ1n) is 7.34. The van der Waals surface area contributed by atoms with Gasteiger partial charge in [-0.15, -0.1) is 0 Å². The molecule has 1 aliphatic heterocycles. The summed E-state index contributed by atoms with van der Waals surface area (Å²) in [6.07, 6.45) is 5.35. The monoisotopic (exact) mass is 244 g/mol. The van der Waals surface area contributed by atoms with Gasteiger partial charge in [-0.2, -0.15) is 0 Å². The fourth-order valence-corrected chi connectivity index (χ4v) is 3.55. The van der Waals surface area contributed by atoms with Gasteiger partial charge < -0.3 is 10.6 Å². The van der Waals surface area contributed by atoms with Crippen molar-refractivity contribution in [2.24, 2.45) is 17.6 Å². The minimum Gasteiger partial charge on any atom is -0.366 e. The molecule has 1 saturated carbocycles. The van der Waals surface area contributed by atoms with E-state index in [1.165, 1.54) is 43.5 Å². The summed E-state index contributed by atoms with van der Waals surface area (Å²) in [5, 5.41) is 0. The molecule has 1 aromatic rings. The van der Waals surface area contributed by atoms with Gasteiger partial charge in [-0.1, -0.05) is 31.5 Å². The van der Waals surface area contributed by atoms with Crippen LogP contribution in [0, 0.1) is 11.8 Å². The molecule has 0 spiro atoms. The van der Waals surface area contributed by atoms with Crippen molar-refractivity contribution < 1.29 is 0 Å². The van der Waals surface area contributed by atoms with Crippen LogP contribution in [-0.4, -0.2) is 19.1 Å². The Kier molecular flexibility index (Phi) is 3.29. The van der Waals surface area contributed by atoms with E-state index in [0.717, 1.165) is 18.4 Å². The number of nitrogens with zero attached hydrogens (tertiary/aromatic N) is 1. The summed E-state index contributed by atoms with van der Waals surface area (Å²) in [5.74, 6) is 1.57. The van der Waals surface area contributed by atoms with E-state index in [4.69, 9.17) is 5.73 Å². The zero-order valence-corrected chi connectivity index (χ0v) is 11.3. The molecule has 0 amide bonds. The van der Waals surface area contributed by atoms with Gasteiger partial charge in [0.2, 0.25) is 0 Å². The van der Waals surface area contributed by atoms with Crippen LogP contribution in [0.1, 0.15) is 31.7 Å². The Hall–Kier alpha value is -1.02. The third-order valence-corrected chi connectivity index (χ3v) is 4.71. The number of fused-ring (bicyclic) bond motifs is 1. The Morgan fingerprint density at radius 3 is 2.78 bits per heavy atom. The predicted octanol–water partition coefficient (Wildman–Crippen LogP) is 2.81. The highest BCUT2D eigenvalue weighted by Gasteiger charge is 2.34. The average Bonchev–Trinajstić information content (AvgIpc) is 2.32. The molecule has 18 heavy (non-hydrogen) atoms. The largest absolute Gasteiger partial charge is 0.366 e. The molecular weight excluding hydrogens is 220 g/mol. The van der Waals surface area contributed by atoms with Crippen LogP contribution < -0.4 is 10.6 Å². The summed E-state index contributed by atoms with van der Waals surface area (Å²) >= 11 is 0. The van der Waals surface area contributed by atoms with Crippen molar-refractivity contribution in [1.82, 2.24) is 0 Å². The SMILES string of the molecule is CC1Cc2ccccc2N(C(CN)C2CCC2)C1. The standard InChI is InChI=1S/C16H24N2/c1-12-9-14-5-2-3-8-15(14)18(11-12)16(10-17)13-6-4-7-13/h2-3,5,8,12-13,16H,4,6-7,9-11,17H2,1H3. The van der Waals surface area contributed by atoms with Gasteiger partial charge in [0.25, 0.3) is 0 Å². The highest BCUT2D eigenvalue weighted by molar-refractivity contribution is 5.56. The van der Waals surface area contributed by atoms with Crippen LogP contribution in [0.15, 0.2) is 24.3 Å². The van der Waals surface area contributed by atoms with E-state index in [1.807, 2.05) is 0 Å². The second-order valence-corrected chi connectivity index (χ2v) is 6.08. The Labute approximate surface area is 110 Å². The van der Waals surface area contributed by atoms with E-state index in [0.29, 0.717) is 6.04 Å². The van der Waals surface area contributed by atoms with Gasteiger partial charge in [0.15, 0.2) is 0 Å². The topological polar surface area (TPSA) is 29.3 Å². The molecule has 1 aromatic carbocycles. The van der Waals surface area contributed by atoms with Gasteiger partial charge in [-0.05, 0) is 42.7 Å². The summed E-state index contributed by atoms with van der Waals surface area (Å²) in [6.45, 7) is 4.33. The number of benzene rings is 1. The smallest absolute Gasteiger partial charge is 0.0440 e. The average molecular weight is 244 g/mol. The summed E-state index contributed by atoms with van der Waals surface area (Å²) in [6, 6.07) is 9.45. The second-order valence-electron chi connectivity index (χ2n) is 6.08. The molecule has 0 aromatic heterocycles. The number of hydrogen-bond donors (Lipinski definition) is 1. The lowest BCUT2D eigenvalue weighted by atomic mass is 9.78.